The van der Waals surface area contributed by atoms with E-state index in [1.165, 1.54) is 6.07 Å². The largest absolute Gasteiger partial charge is 0.370 e. The van der Waals surface area contributed by atoms with Crippen LogP contribution in [0.1, 0.15) is 17.2 Å². The monoisotopic (exact) mass is 347 g/mol. The first-order chi connectivity index (χ1) is 12.1. The normalized spacial score (nSPS) is 17.4. The van der Waals surface area contributed by atoms with Gasteiger partial charge in [-0.3, -0.25) is 4.98 Å². The van der Waals surface area contributed by atoms with Crippen molar-refractivity contribution in [3.05, 3.63) is 65.5 Å². The van der Waals surface area contributed by atoms with Crippen molar-refractivity contribution < 1.29 is 18.3 Å². The second-order valence-corrected chi connectivity index (χ2v) is 5.82. The second-order valence-electron chi connectivity index (χ2n) is 5.82. The summed E-state index contributed by atoms with van der Waals surface area (Å²) in [7, 11) is 0. The van der Waals surface area contributed by atoms with Gasteiger partial charge in [0.2, 0.25) is 0 Å². The number of amides is 2. The number of nitrogens with one attached hydrogen (secondary N) is 1. The van der Waals surface area contributed by atoms with E-state index in [-0.39, 0.29) is 6.03 Å². The van der Waals surface area contributed by atoms with E-state index in [2.05, 4.69) is 10.3 Å². The van der Waals surface area contributed by atoms with Crippen molar-refractivity contribution in [2.45, 2.75) is 12.5 Å². The van der Waals surface area contributed by atoms with Gasteiger partial charge in [-0.05, 0) is 35.7 Å². The average Bonchev–Trinajstić information content (AvgIpc) is 2.65. The molecule has 132 valence electrons. The number of rotatable bonds is 4. The molecule has 0 radical (unpaired) electrons. The van der Waals surface area contributed by atoms with Gasteiger partial charge in [0.05, 0.1) is 13.2 Å². The number of morpholine rings is 1. The molecule has 1 atom stereocenters. The molecule has 0 aliphatic carbocycles. The molecule has 3 rings (SSSR count). The maximum absolute atomic E-state index is 13.4. The lowest BCUT2D eigenvalue weighted by Gasteiger charge is -2.33. The minimum atomic E-state index is -0.917. The van der Waals surface area contributed by atoms with Gasteiger partial charge in [-0.2, -0.15) is 0 Å². The lowest BCUT2D eigenvalue weighted by atomic mass is 10.1. The Balaban J connectivity index is 1.53. The highest BCUT2D eigenvalue weighted by molar-refractivity contribution is 5.74. The first-order valence-corrected chi connectivity index (χ1v) is 8.12. The van der Waals surface area contributed by atoms with Gasteiger partial charge in [0, 0.05) is 25.5 Å². The Morgan fingerprint density at radius 3 is 2.96 bits per heavy atom. The number of hydrogen-bond acceptors (Lipinski definition) is 3. The number of benzene rings is 1. The molecule has 1 saturated heterocycles. The highest BCUT2D eigenvalue weighted by Crippen LogP contribution is 2.23. The molecule has 0 saturated carbocycles. The molecule has 1 fully saturated rings. The van der Waals surface area contributed by atoms with Crippen molar-refractivity contribution in [1.82, 2.24) is 15.2 Å². The van der Waals surface area contributed by atoms with E-state index in [9.17, 15) is 13.6 Å². The molecule has 2 aromatic rings. The zero-order valence-corrected chi connectivity index (χ0v) is 13.6. The maximum Gasteiger partial charge on any atom is 0.317 e. The Hall–Kier alpha value is -2.54. The number of carbonyl (C=O) groups excluding carboxylic acids is 1. The first kappa shape index (κ1) is 17.3. The highest BCUT2D eigenvalue weighted by atomic mass is 19.2. The van der Waals surface area contributed by atoms with Crippen molar-refractivity contribution in [3.63, 3.8) is 0 Å². The predicted molar refractivity (Wildman–Crippen MR) is 88.0 cm³/mol. The molecule has 2 heterocycles. The number of ether oxygens (including phenoxy) is 1. The van der Waals surface area contributed by atoms with Crippen LogP contribution >= 0.6 is 0 Å². The van der Waals surface area contributed by atoms with Gasteiger partial charge in [-0.25, -0.2) is 13.6 Å². The van der Waals surface area contributed by atoms with Crippen LogP contribution < -0.4 is 5.32 Å². The van der Waals surface area contributed by atoms with Crippen LogP contribution in [0.15, 0.2) is 42.7 Å². The number of urea groups is 1. The number of hydrogen-bond donors (Lipinski definition) is 1. The Morgan fingerprint density at radius 1 is 1.32 bits per heavy atom. The molecule has 7 heteroatoms. The van der Waals surface area contributed by atoms with Crippen molar-refractivity contribution in [3.8, 4) is 0 Å². The zero-order chi connectivity index (χ0) is 17.6. The average molecular weight is 347 g/mol. The molecule has 1 N–H and O–H groups in total. The van der Waals surface area contributed by atoms with Crippen LogP contribution in [0.4, 0.5) is 13.6 Å². The summed E-state index contributed by atoms with van der Waals surface area (Å²) < 4.78 is 32.0. The van der Waals surface area contributed by atoms with E-state index in [1.807, 2.05) is 12.1 Å². The molecule has 0 spiro atoms. The van der Waals surface area contributed by atoms with Crippen LogP contribution in [0, 0.1) is 11.6 Å². The van der Waals surface area contributed by atoms with Crippen molar-refractivity contribution in [2.24, 2.45) is 0 Å². The number of aromatic nitrogens is 1. The number of halogens is 2. The zero-order valence-electron chi connectivity index (χ0n) is 13.6. The third-order valence-corrected chi connectivity index (χ3v) is 4.08. The van der Waals surface area contributed by atoms with Gasteiger partial charge in [0.15, 0.2) is 11.6 Å². The molecule has 1 unspecified atom stereocenters. The van der Waals surface area contributed by atoms with Gasteiger partial charge in [0.25, 0.3) is 0 Å². The third kappa shape index (κ3) is 4.51. The van der Waals surface area contributed by atoms with Gasteiger partial charge in [-0.1, -0.05) is 12.1 Å². The SMILES string of the molecule is O=C(NCCc1cccnc1)N1CCOC(c2ccc(F)c(F)c2)C1. The Kier molecular flexibility index (Phi) is 5.55. The fourth-order valence-corrected chi connectivity index (χ4v) is 2.72. The standard InChI is InChI=1S/C18H19F2N3O2/c19-15-4-3-14(10-16(15)20)17-12-23(8-9-25-17)18(24)22-7-5-13-2-1-6-21-11-13/h1-4,6,10-11,17H,5,7-9,12H2,(H,22,24). The minimum absolute atomic E-state index is 0.195. The smallest absolute Gasteiger partial charge is 0.317 e. The molecular weight excluding hydrogens is 328 g/mol. The second kappa shape index (κ2) is 8.02. The highest BCUT2D eigenvalue weighted by Gasteiger charge is 2.25. The topological polar surface area (TPSA) is 54.5 Å². The fourth-order valence-electron chi connectivity index (χ4n) is 2.72. The summed E-state index contributed by atoms with van der Waals surface area (Å²) in [4.78, 5) is 18.0. The van der Waals surface area contributed by atoms with Gasteiger partial charge in [0.1, 0.15) is 6.10 Å². The van der Waals surface area contributed by atoms with Crippen molar-refractivity contribution in [1.29, 1.82) is 0 Å². The summed E-state index contributed by atoms with van der Waals surface area (Å²) in [6.07, 6.45) is 3.69. The Labute approximate surface area is 144 Å². The van der Waals surface area contributed by atoms with E-state index in [1.54, 1.807) is 17.3 Å². The summed E-state index contributed by atoms with van der Waals surface area (Å²) in [6.45, 7) is 1.60. The van der Waals surface area contributed by atoms with Crippen LogP contribution in [0.5, 0.6) is 0 Å². The van der Waals surface area contributed by atoms with Crippen LogP contribution in [0.3, 0.4) is 0 Å². The first-order valence-electron chi connectivity index (χ1n) is 8.12. The van der Waals surface area contributed by atoms with E-state index in [4.69, 9.17) is 4.74 Å². The van der Waals surface area contributed by atoms with E-state index in [0.717, 1.165) is 17.7 Å². The van der Waals surface area contributed by atoms with Crippen molar-refractivity contribution >= 4 is 6.03 Å². The van der Waals surface area contributed by atoms with Crippen LogP contribution in [0.2, 0.25) is 0 Å². The van der Waals surface area contributed by atoms with E-state index in [0.29, 0.717) is 38.2 Å². The quantitative estimate of drug-likeness (QED) is 0.925. The van der Waals surface area contributed by atoms with Crippen LogP contribution in [-0.2, 0) is 11.2 Å². The molecule has 1 aromatic heterocycles. The lowest BCUT2D eigenvalue weighted by Crippen LogP contribution is -2.47. The molecule has 1 aliphatic heterocycles. The van der Waals surface area contributed by atoms with Gasteiger partial charge in [-0.15, -0.1) is 0 Å². The molecule has 1 aliphatic rings. The lowest BCUT2D eigenvalue weighted by molar-refractivity contribution is -0.0155. The fraction of sp³-hybridized carbons (Fsp3) is 0.333. The molecule has 1 aromatic carbocycles. The Bertz CT molecular complexity index is 728. The Morgan fingerprint density at radius 2 is 2.20 bits per heavy atom. The number of pyridine rings is 1. The van der Waals surface area contributed by atoms with Crippen molar-refractivity contribution in [2.75, 3.05) is 26.2 Å². The summed E-state index contributed by atoms with van der Waals surface area (Å²) in [6, 6.07) is 7.27. The summed E-state index contributed by atoms with van der Waals surface area (Å²) in [5.74, 6) is -1.82. The van der Waals surface area contributed by atoms with Crippen LogP contribution in [0.25, 0.3) is 0 Å². The summed E-state index contributed by atoms with van der Waals surface area (Å²) in [5, 5.41) is 2.86. The predicted octanol–water partition coefficient (Wildman–Crippen LogP) is 2.69. The molecule has 5 nitrogen and oxygen atoms in total. The molecule has 0 bridgehead atoms. The number of carbonyl (C=O) groups is 1. The minimum Gasteiger partial charge on any atom is -0.370 e. The van der Waals surface area contributed by atoms with Gasteiger partial charge >= 0.3 is 6.03 Å². The van der Waals surface area contributed by atoms with E-state index >= 15 is 0 Å². The maximum atomic E-state index is 13.4. The summed E-state index contributed by atoms with van der Waals surface area (Å²) >= 11 is 0. The number of nitrogens with zero attached hydrogens (tertiary/aromatic N) is 2. The van der Waals surface area contributed by atoms with Crippen LogP contribution in [-0.4, -0.2) is 42.2 Å². The third-order valence-electron chi connectivity index (χ3n) is 4.08. The van der Waals surface area contributed by atoms with Gasteiger partial charge < -0.3 is 15.0 Å². The summed E-state index contributed by atoms with van der Waals surface area (Å²) in [5.41, 5.74) is 1.57. The molecular formula is C18H19F2N3O2. The van der Waals surface area contributed by atoms with E-state index < -0.39 is 17.7 Å². The molecule has 25 heavy (non-hydrogen) atoms. The molecule has 2 amide bonds.